The van der Waals surface area contributed by atoms with E-state index in [4.69, 9.17) is 23.8 Å². The Labute approximate surface area is 293 Å². The van der Waals surface area contributed by atoms with Gasteiger partial charge in [0.25, 0.3) is 0 Å². The fourth-order valence-corrected chi connectivity index (χ4v) is 7.18. The summed E-state index contributed by atoms with van der Waals surface area (Å²) in [6.07, 6.45) is 0. The predicted molar refractivity (Wildman–Crippen MR) is 206 cm³/mol. The Kier molecular flexibility index (Phi) is 6.64. The Bertz CT molecular complexity index is 2920. The van der Waals surface area contributed by atoms with Gasteiger partial charge in [-0.05, 0) is 59.5 Å². The zero-order chi connectivity index (χ0) is 33.9. The molecule has 0 aliphatic carbocycles. The van der Waals surface area contributed by atoms with Crippen LogP contribution in [0.1, 0.15) is 5.56 Å². The largest absolute Gasteiger partial charge is 0.456 e. The number of para-hydroxylation sites is 1. The Morgan fingerprint density at radius 1 is 0.353 bits per heavy atom. The number of furan rings is 2. The van der Waals surface area contributed by atoms with Crippen LogP contribution in [0.3, 0.4) is 0 Å². The quantitative estimate of drug-likeness (QED) is 0.185. The van der Waals surface area contributed by atoms with E-state index in [0.717, 1.165) is 77.3 Å². The number of rotatable bonds is 5. The van der Waals surface area contributed by atoms with Crippen LogP contribution in [-0.4, -0.2) is 15.0 Å². The monoisotopic (exact) mass is 655 g/mol. The molecule has 10 rings (SSSR count). The summed E-state index contributed by atoms with van der Waals surface area (Å²) in [7, 11) is 0. The van der Waals surface area contributed by atoms with Crippen molar-refractivity contribution in [1.82, 2.24) is 15.0 Å². The highest BCUT2D eigenvalue weighted by Gasteiger charge is 2.19. The van der Waals surface area contributed by atoms with Crippen molar-refractivity contribution in [3.05, 3.63) is 163 Å². The van der Waals surface area contributed by atoms with E-state index in [2.05, 4.69) is 110 Å². The van der Waals surface area contributed by atoms with E-state index in [1.54, 1.807) is 0 Å². The zero-order valence-corrected chi connectivity index (χ0v) is 27.7. The summed E-state index contributed by atoms with van der Waals surface area (Å²) in [6.45, 7) is 2.11. The fourth-order valence-electron chi connectivity index (χ4n) is 7.18. The lowest BCUT2D eigenvalue weighted by molar-refractivity contribution is 0.668. The second kappa shape index (κ2) is 11.6. The second-order valence-corrected chi connectivity index (χ2v) is 12.9. The van der Waals surface area contributed by atoms with Gasteiger partial charge in [0.1, 0.15) is 22.3 Å². The molecule has 7 aromatic carbocycles. The fraction of sp³-hybridized carbons (Fsp3) is 0.0217. The molecule has 0 amide bonds. The van der Waals surface area contributed by atoms with E-state index in [1.165, 1.54) is 11.1 Å². The Hall–Kier alpha value is -6.85. The van der Waals surface area contributed by atoms with Gasteiger partial charge < -0.3 is 8.83 Å². The molecule has 10 aromatic rings. The van der Waals surface area contributed by atoms with Gasteiger partial charge in [-0.15, -0.1) is 0 Å². The Morgan fingerprint density at radius 2 is 0.922 bits per heavy atom. The van der Waals surface area contributed by atoms with Crippen LogP contribution in [0.4, 0.5) is 0 Å². The summed E-state index contributed by atoms with van der Waals surface area (Å²) in [5.41, 5.74) is 11.7. The van der Waals surface area contributed by atoms with Crippen molar-refractivity contribution >= 4 is 43.9 Å². The van der Waals surface area contributed by atoms with Gasteiger partial charge in [0.2, 0.25) is 0 Å². The highest BCUT2D eigenvalue weighted by atomic mass is 16.3. The SMILES string of the molecule is Cc1cccc(-c2ccc(-c3nc(-c4ccc5c(c4)oc4cccc(-c6ccccc6)c45)nc(-c4cccc5oc6ccccc6c45)n3)cc2)c1. The first kappa shape index (κ1) is 29.1. The third-order valence-corrected chi connectivity index (χ3v) is 9.61. The van der Waals surface area contributed by atoms with E-state index < -0.39 is 0 Å². The molecule has 0 saturated carbocycles. The van der Waals surface area contributed by atoms with Crippen molar-refractivity contribution in [2.45, 2.75) is 6.92 Å². The molecule has 0 unspecified atom stereocenters. The minimum absolute atomic E-state index is 0.563. The molecule has 0 atom stereocenters. The van der Waals surface area contributed by atoms with Gasteiger partial charge in [-0.3, -0.25) is 0 Å². The summed E-state index contributed by atoms with van der Waals surface area (Å²) >= 11 is 0. The van der Waals surface area contributed by atoms with Gasteiger partial charge in [-0.1, -0.05) is 133 Å². The minimum atomic E-state index is 0.563. The lowest BCUT2D eigenvalue weighted by Crippen LogP contribution is -2.00. The first-order valence-corrected chi connectivity index (χ1v) is 17.0. The number of aryl methyl sites for hydroxylation is 1. The average molecular weight is 656 g/mol. The molecular weight excluding hydrogens is 627 g/mol. The topological polar surface area (TPSA) is 65.0 Å². The molecule has 3 aromatic heterocycles. The summed E-state index contributed by atoms with van der Waals surface area (Å²) in [6, 6.07) is 54.0. The molecule has 0 aliphatic heterocycles. The Morgan fingerprint density at radius 3 is 1.73 bits per heavy atom. The molecule has 5 nitrogen and oxygen atoms in total. The molecule has 5 heteroatoms. The number of hydrogen-bond donors (Lipinski definition) is 0. The van der Waals surface area contributed by atoms with E-state index in [9.17, 15) is 0 Å². The van der Waals surface area contributed by atoms with Crippen LogP contribution >= 0.6 is 0 Å². The number of fused-ring (bicyclic) bond motifs is 6. The van der Waals surface area contributed by atoms with Gasteiger partial charge in [-0.2, -0.15) is 0 Å². The van der Waals surface area contributed by atoms with Crippen LogP contribution in [0, 0.1) is 6.92 Å². The van der Waals surface area contributed by atoms with E-state index in [0.29, 0.717) is 17.5 Å². The molecule has 240 valence electrons. The second-order valence-electron chi connectivity index (χ2n) is 12.9. The number of aromatic nitrogens is 3. The lowest BCUT2D eigenvalue weighted by Gasteiger charge is -2.10. The van der Waals surface area contributed by atoms with Crippen LogP contribution in [0.25, 0.3) is 100 Å². The molecule has 0 saturated heterocycles. The first-order valence-electron chi connectivity index (χ1n) is 17.0. The zero-order valence-electron chi connectivity index (χ0n) is 27.7. The average Bonchev–Trinajstić information content (AvgIpc) is 3.76. The third-order valence-electron chi connectivity index (χ3n) is 9.61. The molecule has 0 N–H and O–H groups in total. The Balaban J connectivity index is 1.16. The molecule has 3 heterocycles. The highest BCUT2D eigenvalue weighted by Crippen LogP contribution is 2.39. The molecular formula is C46H29N3O2. The normalized spacial score (nSPS) is 11.6. The van der Waals surface area contributed by atoms with E-state index in [-0.39, 0.29) is 0 Å². The van der Waals surface area contributed by atoms with Gasteiger partial charge in [-0.25, -0.2) is 15.0 Å². The summed E-state index contributed by atoms with van der Waals surface area (Å²) in [4.78, 5) is 15.3. The van der Waals surface area contributed by atoms with Crippen molar-refractivity contribution in [2.75, 3.05) is 0 Å². The van der Waals surface area contributed by atoms with Crippen molar-refractivity contribution in [2.24, 2.45) is 0 Å². The molecule has 51 heavy (non-hydrogen) atoms. The maximum Gasteiger partial charge on any atom is 0.164 e. The maximum atomic E-state index is 6.48. The van der Waals surface area contributed by atoms with Gasteiger partial charge in [0, 0.05) is 38.2 Å². The predicted octanol–water partition coefficient (Wildman–Crippen LogP) is 12.3. The van der Waals surface area contributed by atoms with E-state index >= 15 is 0 Å². The van der Waals surface area contributed by atoms with Gasteiger partial charge >= 0.3 is 0 Å². The van der Waals surface area contributed by atoms with Gasteiger partial charge in [0.05, 0.1) is 0 Å². The standard InChI is InChI=1S/C46H29N3O2/c1-28-10-7-13-32(26-28)29-20-22-31(23-21-29)44-47-45(49-46(48-44)37-16-9-19-40-43(37)35-14-5-6-17-38(35)50-40)33-24-25-36-41(27-33)51-39-18-8-15-34(42(36)39)30-11-3-2-4-12-30/h2-27H,1H3. The van der Waals surface area contributed by atoms with Crippen LogP contribution in [-0.2, 0) is 0 Å². The smallest absolute Gasteiger partial charge is 0.164 e. The van der Waals surface area contributed by atoms with Gasteiger partial charge in [0.15, 0.2) is 17.5 Å². The summed E-state index contributed by atoms with van der Waals surface area (Å²) in [5, 5.41) is 4.14. The van der Waals surface area contributed by atoms with Crippen molar-refractivity contribution < 1.29 is 8.83 Å². The molecule has 0 radical (unpaired) electrons. The van der Waals surface area contributed by atoms with Crippen molar-refractivity contribution in [1.29, 1.82) is 0 Å². The molecule has 0 bridgehead atoms. The number of benzene rings is 7. The third kappa shape index (κ3) is 4.98. The maximum absolute atomic E-state index is 6.48. The van der Waals surface area contributed by atoms with Crippen LogP contribution in [0.15, 0.2) is 167 Å². The molecule has 0 aliphatic rings. The number of hydrogen-bond acceptors (Lipinski definition) is 5. The van der Waals surface area contributed by atoms with E-state index in [1.807, 2.05) is 54.6 Å². The van der Waals surface area contributed by atoms with Crippen molar-refractivity contribution in [3.63, 3.8) is 0 Å². The summed E-state index contributed by atoms with van der Waals surface area (Å²) in [5.74, 6) is 1.73. The number of nitrogens with zero attached hydrogens (tertiary/aromatic N) is 3. The van der Waals surface area contributed by atoms with Crippen LogP contribution in [0.2, 0.25) is 0 Å². The lowest BCUT2D eigenvalue weighted by atomic mass is 9.99. The van der Waals surface area contributed by atoms with Crippen LogP contribution in [0.5, 0.6) is 0 Å². The van der Waals surface area contributed by atoms with Crippen LogP contribution < -0.4 is 0 Å². The molecule has 0 fully saturated rings. The highest BCUT2D eigenvalue weighted by molar-refractivity contribution is 6.13. The van der Waals surface area contributed by atoms with Crippen molar-refractivity contribution in [3.8, 4) is 56.4 Å². The first-order chi connectivity index (χ1) is 25.2. The summed E-state index contributed by atoms with van der Waals surface area (Å²) < 4.78 is 12.7. The molecule has 0 spiro atoms. The minimum Gasteiger partial charge on any atom is -0.456 e.